The van der Waals surface area contributed by atoms with Gasteiger partial charge in [-0.3, -0.25) is 9.69 Å². The number of hydrogen-bond donors (Lipinski definition) is 2. The lowest BCUT2D eigenvalue weighted by molar-refractivity contribution is -0.137. The van der Waals surface area contributed by atoms with Crippen molar-refractivity contribution in [2.75, 3.05) is 26.7 Å². The number of likely N-dealkylation sites (N-methyl/N-ethyl adjacent to an activating group) is 1. The summed E-state index contributed by atoms with van der Waals surface area (Å²) in [4.78, 5) is 13.4. The monoisotopic (exact) mass is 342 g/mol. The average molecular weight is 342 g/mol. The van der Waals surface area contributed by atoms with Crippen molar-refractivity contribution < 1.29 is 23.1 Å². The van der Waals surface area contributed by atoms with Crippen LogP contribution in [-0.4, -0.2) is 48.7 Å². The van der Waals surface area contributed by atoms with E-state index in [4.69, 9.17) is 0 Å². The first-order valence-electron chi connectivity index (χ1n) is 7.48. The molecule has 0 aliphatic heterocycles. The Morgan fingerprint density at radius 3 is 2.75 bits per heavy atom. The number of rotatable bonds is 6. The van der Waals surface area contributed by atoms with Crippen LogP contribution in [0.5, 0.6) is 0 Å². The lowest BCUT2D eigenvalue weighted by Crippen LogP contribution is -2.36. The fourth-order valence-corrected chi connectivity index (χ4v) is 1.85. The van der Waals surface area contributed by atoms with E-state index in [0.29, 0.717) is 13.0 Å². The van der Waals surface area contributed by atoms with Gasteiger partial charge in [-0.2, -0.15) is 13.2 Å². The quantitative estimate of drug-likeness (QED) is 0.776. The van der Waals surface area contributed by atoms with E-state index in [1.165, 1.54) is 12.1 Å². The zero-order chi connectivity index (χ0) is 18.2. The van der Waals surface area contributed by atoms with Crippen LogP contribution < -0.4 is 5.32 Å². The average Bonchev–Trinajstić information content (AvgIpc) is 2.49. The first-order valence-corrected chi connectivity index (χ1v) is 7.48. The summed E-state index contributed by atoms with van der Waals surface area (Å²) >= 11 is 0. The van der Waals surface area contributed by atoms with Crippen molar-refractivity contribution in [2.45, 2.75) is 25.6 Å². The summed E-state index contributed by atoms with van der Waals surface area (Å²) in [5, 5.41) is 11.7. The second-order valence-electron chi connectivity index (χ2n) is 5.53. The SMILES string of the molecule is CC(O)CCN(C)CC(=O)NCC#Cc1cccc(C(F)(F)F)c1. The third kappa shape index (κ3) is 7.99. The molecule has 7 heteroatoms. The maximum atomic E-state index is 12.6. The van der Waals surface area contributed by atoms with E-state index in [-0.39, 0.29) is 24.6 Å². The second kappa shape index (κ2) is 9.30. The molecular formula is C17H21F3N2O2. The van der Waals surface area contributed by atoms with Crippen molar-refractivity contribution in [2.24, 2.45) is 0 Å². The van der Waals surface area contributed by atoms with Crippen LogP contribution in [-0.2, 0) is 11.0 Å². The van der Waals surface area contributed by atoms with Gasteiger partial charge in [0.1, 0.15) is 0 Å². The van der Waals surface area contributed by atoms with Crippen LogP contribution >= 0.6 is 0 Å². The molecule has 1 aromatic carbocycles. The van der Waals surface area contributed by atoms with E-state index < -0.39 is 17.8 Å². The molecule has 1 rings (SSSR count). The predicted molar refractivity (Wildman–Crippen MR) is 85.1 cm³/mol. The summed E-state index contributed by atoms with van der Waals surface area (Å²) in [7, 11) is 1.76. The second-order valence-corrected chi connectivity index (χ2v) is 5.53. The third-order valence-electron chi connectivity index (χ3n) is 3.14. The van der Waals surface area contributed by atoms with Gasteiger partial charge < -0.3 is 10.4 Å². The molecule has 0 aliphatic rings. The molecule has 4 nitrogen and oxygen atoms in total. The largest absolute Gasteiger partial charge is 0.416 e. The minimum atomic E-state index is -4.40. The van der Waals surface area contributed by atoms with E-state index >= 15 is 0 Å². The molecule has 0 bridgehead atoms. The smallest absolute Gasteiger partial charge is 0.393 e. The van der Waals surface area contributed by atoms with E-state index in [2.05, 4.69) is 17.2 Å². The Morgan fingerprint density at radius 1 is 1.42 bits per heavy atom. The van der Waals surface area contributed by atoms with Crippen LogP contribution in [0.1, 0.15) is 24.5 Å². The molecule has 2 N–H and O–H groups in total. The Hall–Kier alpha value is -2.04. The minimum Gasteiger partial charge on any atom is -0.393 e. The molecule has 0 saturated carbocycles. The molecule has 1 unspecified atom stereocenters. The number of halogens is 3. The summed E-state index contributed by atoms with van der Waals surface area (Å²) in [6.07, 6.45) is -4.25. The molecule has 24 heavy (non-hydrogen) atoms. The molecule has 1 atom stereocenters. The Bertz CT molecular complexity index is 604. The van der Waals surface area contributed by atoms with Gasteiger partial charge in [0.2, 0.25) is 5.91 Å². The van der Waals surface area contributed by atoms with Crippen LogP contribution in [0.4, 0.5) is 13.2 Å². The number of alkyl halides is 3. The third-order valence-corrected chi connectivity index (χ3v) is 3.14. The molecule has 0 spiro atoms. The van der Waals surface area contributed by atoms with Crippen LogP contribution in [0, 0.1) is 11.8 Å². The molecule has 0 fully saturated rings. The van der Waals surface area contributed by atoms with E-state index in [1.807, 2.05) is 0 Å². The van der Waals surface area contributed by atoms with Crippen LogP contribution in [0.15, 0.2) is 24.3 Å². The van der Waals surface area contributed by atoms with Crippen molar-refractivity contribution in [3.05, 3.63) is 35.4 Å². The number of aliphatic hydroxyl groups is 1. The van der Waals surface area contributed by atoms with E-state index in [9.17, 15) is 23.1 Å². The Kier molecular flexibility index (Phi) is 7.75. The molecule has 0 aromatic heterocycles. The zero-order valence-corrected chi connectivity index (χ0v) is 13.7. The van der Waals surface area contributed by atoms with E-state index in [0.717, 1.165) is 12.1 Å². The summed E-state index contributed by atoms with van der Waals surface area (Å²) in [5.41, 5.74) is -0.508. The first kappa shape index (κ1) is 20.0. The van der Waals surface area contributed by atoms with Crippen molar-refractivity contribution in [3.63, 3.8) is 0 Å². The van der Waals surface area contributed by atoms with Gasteiger partial charge in [0.05, 0.1) is 24.8 Å². The number of carbonyl (C=O) groups excluding carboxylic acids is 1. The molecule has 1 aromatic rings. The molecule has 132 valence electrons. The van der Waals surface area contributed by atoms with Crippen molar-refractivity contribution in [1.29, 1.82) is 0 Å². The number of aliphatic hydroxyl groups excluding tert-OH is 1. The highest BCUT2D eigenvalue weighted by Crippen LogP contribution is 2.29. The number of carbonyl (C=O) groups is 1. The maximum Gasteiger partial charge on any atom is 0.416 e. The molecule has 0 radical (unpaired) electrons. The van der Waals surface area contributed by atoms with Crippen LogP contribution in [0.25, 0.3) is 0 Å². The lowest BCUT2D eigenvalue weighted by Gasteiger charge is -2.16. The summed E-state index contributed by atoms with van der Waals surface area (Å²) in [6, 6.07) is 4.73. The fourth-order valence-electron chi connectivity index (χ4n) is 1.85. The van der Waals surface area contributed by atoms with Crippen LogP contribution in [0.3, 0.4) is 0 Å². The number of hydrogen-bond acceptors (Lipinski definition) is 3. The van der Waals surface area contributed by atoms with Crippen molar-refractivity contribution >= 4 is 5.91 Å². The Morgan fingerprint density at radius 2 is 2.12 bits per heavy atom. The van der Waals surface area contributed by atoms with Gasteiger partial charge in [-0.1, -0.05) is 17.9 Å². The number of nitrogens with zero attached hydrogens (tertiary/aromatic N) is 1. The highest BCUT2D eigenvalue weighted by molar-refractivity contribution is 5.78. The summed E-state index contributed by atoms with van der Waals surface area (Å²) < 4.78 is 37.7. The normalized spacial score (nSPS) is 12.5. The number of nitrogens with one attached hydrogen (secondary N) is 1. The highest BCUT2D eigenvalue weighted by Gasteiger charge is 2.30. The maximum absolute atomic E-state index is 12.6. The molecule has 0 aliphatic carbocycles. The lowest BCUT2D eigenvalue weighted by atomic mass is 10.1. The van der Waals surface area contributed by atoms with Gasteiger partial charge >= 0.3 is 6.18 Å². The standard InChI is InChI=1S/C17H21F3N2O2/c1-13(23)8-10-22(2)12-16(24)21-9-4-6-14-5-3-7-15(11-14)17(18,19)20/h3,5,7,11,13,23H,8-10,12H2,1-2H3,(H,21,24). The van der Waals surface area contributed by atoms with Gasteiger partial charge in [0.25, 0.3) is 0 Å². The molecular weight excluding hydrogens is 321 g/mol. The van der Waals surface area contributed by atoms with Gasteiger partial charge in [0.15, 0.2) is 0 Å². The molecule has 1 amide bonds. The Labute approximate surface area is 139 Å². The van der Waals surface area contributed by atoms with Crippen molar-refractivity contribution in [3.8, 4) is 11.8 Å². The summed E-state index contributed by atoms with van der Waals surface area (Å²) in [6.45, 7) is 2.48. The van der Waals surface area contributed by atoms with Gasteiger partial charge in [-0.15, -0.1) is 0 Å². The van der Waals surface area contributed by atoms with E-state index in [1.54, 1.807) is 18.9 Å². The highest BCUT2D eigenvalue weighted by atomic mass is 19.4. The number of amides is 1. The molecule has 0 saturated heterocycles. The minimum absolute atomic E-state index is 0.0549. The van der Waals surface area contributed by atoms with Crippen LogP contribution in [0.2, 0.25) is 0 Å². The predicted octanol–water partition coefficient (Wildman–Crippen LogP) is 1.88. The zero-order valence-electron chi connectivity index (χ0n) is 13.7. The topological polar surface area (TPSA) is 52.6 Å². The van der Waals surface area contributed by atoms with Crippen molar-refractivity contribution in [1.82, 2.24) is 10.2 Å². The van der Waals surface area contributed by atoms with Gasteiger partial charge in [-0.05, 0) is 38.6 Å². The molecule has 0 heterocycles. The summed E-state index contributed by atoms with van der Waals surface area (Å²) in [5.74, 6) is 4.99. The Balaban J connectivity index is 2.43. The fraction of sp³-hybridized carbons (Fsp3) is 0.471. The van der Waals surface area contributed by atoms with Gasteiger partial charge in [0, 0.05) is 12.1 Å². The first-order chi connectivity index (χ1) is 11.2. The number of benzene rings is 1. The van der Waals surface area contributed by atoms with Gasteiger partial charge in [-0.25, -0.2) is 0 Å².